The Hall–Kier alpha value is -8.72. The monoisotopic (exact) mass is 880 g/mol. The highest BCUT2D eigenvalue weighted by atomic mass is 15.1. The van der Waals surface area contributed by atoms with Crippen LogP contribution in [0.2, 0.25) is 0 Å². The lowest BCUT2D eigenvalue weighted by atomic mass is 9.81. The van der Waals surface area contributed by atoms with E-state index < -0.39 is 0 Å². The first-order valence-corrected chi connectivity index (χ1v) is 24.0. The first kappa shape index (κ1) is 40.5. The summed E-state index contributed by atoms with van der Waals surface area (Å²) >= 11 is 0. The summed E-state index contributed by atoms with van der Waals surface area (Å²) in [4.78, 5) is 2.42. The summed E-state index contributed by atoms with van der Waals surface area (Å²) in [6, 6.07) is 93.6. The zero-order chi connectivity index (χ0) is 46.1. The van der Waals surface area contributed by atoms with E-state index in [1.807, 2.05) is 0 Å². The Morgan fingerprint density at radius 1 is 0.348 bits per heavy atom. The van der Waals surface area contributed by atoms with Crippen molar-refractivity contribution in [3.8, 4) is 61.5 Å². The molecule has 1 aromatic heterocycles. The molecule has 0 spiro atoms. The summed E-state index contributed by atoms with van der Waals surface area (Å²) in [5, 5.41) is 6.13. The molecule has 0 unspecified atom stereocenters. The Bertz CT molecular complexity index is 3880. The van der Waals surface area contributed by atoms with Crippen molar-refractivity contribution in [3.63, 3.8) is 0 Å². The zero-order valence-corrected chi connectivity index (χ0v) is 38.6. The van der Waals surface area contributed by atoms with Crippen molar-refractivity contribution in [1.29, 1.82) is 0 Å². The van der Waals surface area contributed by atoms with Crippen molar-refractivity contribution in [1.82, 2.24) is 4.57 Å². The topological polar surface area (TPSA) is 8.17 Å². The van der Waals surface area contributed by atoms with Gasteiger partial charge in [0, 0.05) is 44.2 Å². The highest BCUT2D eigenvalue weighted by molar-refractivity contribution is 6.20. The Labute approximate surface area is 403 Å². The van der Waals surface area contributed by atoms with E-state index in [2.05, 4.69) is 278 Å². The van der Waals surface area contributed by atoms with Gasteiger partial charge in [-0.1, -0.05) is 214 Å². The molecule has 2 heteroatoms. The molecule has 13 rings (SSSR count). The normalized spacial score (nSPS) is 12.6. The maximum Gasteiger partial charge on any atom is 0.0620 e. The van der Waals surface area contributed by atoms with E-state index in [1.54, 1.807) is 0 Å². The predicted octanol–water partition coefficient (Wildman–Crippen LogP) is 18.4. The van der Waals surface area contributed by atoms with Crippen molar-refractivity contribution in [2.45, 2.75) is 19.3 Å². The summed E-state index contributed by atoms with van der Waals surface area (Å²) in [7, 11) is 0. The highest BCUT2D eigenvalue weighted by Gasteiger charge is 2.37. The molecule has 0 fully saturated rings. The fraction of sp³-hybridized carbons (Fsp3) is 0.0448. The number of hydrogen-bond donors (Lipinski definition) is 0. The van der Waals surface area contributed by atoms with Crippen LogP contribution >= 0.6 is 0 Å². The Balaban J connectivity index is 1.00. The lowest BCUT2D eigenvalue weighted by Gasteiger charge is -2.29. The number of para-hydroxylation sites is 1. The molecule has 12 aromatic rings. The minimum absolute atomic E-state index is 0.261. The number of hydrogen-bond acceptors (Lipinski definition) is 1. The van der Waals surface area contributed by atoms with E-state index in [0.717, 1.165) is 17.1 Å². The van der Waals surface area contributed by atoms with Gasteiger partial charge < -0.3 is 9.47 Å². The lowest BCUT2D eigenvalue weighted by molar-refractivity contribution is 0.660. The van der Waals surface area contributed by atoms with Gasteiger partial charge in [0.2, 0.25) is 0 Å². The van der Waals surface area contributed by atoms with Crippen molar-refractivity contribution < 1.29 is 0 Å². The van der Waals surface area contributed by atoms with Crippen LogP contribution in [0.5, 0.6) is 0 Å². The molecule has 0 bridgehead atoms. The average Bonchev–Trinajstić information content (AvgIpc) is 3.88. The minimum atomic E-state index is -0.261. The number of rotatable bonds is 8. The van der Waals surface area contributed by atoms with Gasteiger partial charge >= 0.3 is 0 Å². The summed E-state index contributed by atoms with van der Waals surface area (Å²) in [5.74, 6) is 0. The van der Waals surface area contributed by atoms with Crippen LogP contribution in [0, 0.1) is 0 Å². The second-order valence-corrected chi connectivity index (χ2v) is 18.9. The third-order valence-corrected chi connectivity index (χ3v) is 14.6. The molecular weight excluding hydrogens is 833 g/mol. The minimum Gasteiger partial charge on any atom is -0.310 e. The van der Waals surface area contributed by atoms with E-state index in [9.17, 15) is 0 Å². The van der Waals surface area contributed by atoms with Gasteiger partial charge in [0.05, 0.1) is 16.9 Å². The van der Waals surface area contributed by atoms with Gasteiger partial charge in [-0.2, -0.15) is 0 Å². The molecule has 1 aliphatic rings. The fourth-order valence-electron chi connectivity index (χ4n) is 11.3. The summed E-state index contributed by atoms with van der Waals surface area (Å²) in [5.41, 5.74) is 20.4. The molecule has 0 saturated carbocycles. The Kier molecular flexibility index (Phi) is 9.55. The molecule has 2 nitrogen and oxygen atoms in total. The van der Waals surface area contributed by atoms with Gasteiger partial charge in [-0.15, -0.1) is 0 Å². The average molecular weight is 881 g/mol. The number of fused-ring (bicyclic) bond motifs is 7. The molecule has 0 N–H and O–H groups in total. The van der Waals surface area contributed by atoms with Gasteiger partial charge in [0.25, 0.3) is 0 Å². The molecule has 1 heterocycles. The Morgan fingerprint density at radius 2 is 0.884 bits per heavy atom. The molecular formula is C67H48N2. The largest absolute Gasteiger partial charge is 0.310 e. The number of benzene rings is 11. The zero-order valence-electron chi connectivity index (χ0n) is 38.6. The van der Waals surface area contributed by atoms with Crippen LogP contribution < -0.4 is 4.90 Å². The molecule has 69 heavy (non-hydrogen) atoms. The van der Waals surface area contributed by atoms with Gasteiger partial charge in [0.15, 0.2) is 0 Å². The van der Waals surface area contributed by atoms with Crippen LogP contribution in [-0.2, 0) is 5.41 Å². The first-order chi connectivity index (χ1) is 34.0. The molecule has 0 amide bonds. The second kappa shape index (κ2) is 16.3. The van der Waals surface area contributed by atoms with E-state index in [-0.39, 0.29) is 5.41 Å². The molecule has 0 aliphatic heterocycles. The van der Waals surface area contributed by atoms with Crippen LogP contribution in [0.3, 0.4) is 0 Å². The van der Waals surface area contributed by atoms with Gasteiger partial charge in [-0.25, -0.2) is 0 Å². The van der Waals surface area contributed by atoms with Crippen LogP contribution in [0.25, 0.3) is 93.9 Å². The van der Waals surface area contributed by atoms with E-state index in [1.165, 1.54) is 105 Å². The third kappa shape index (κ3) is 6.63. The Morgan fingerprint density at radius 3 is 1.59 bits per heavy atom. The summed E-state index contributed by atoms with van der Waals surface area (Å²) in [6.07, 6.45) is 0. The van der Waals surface area contributed by atoms with Crippen LogP contribution in [0.15, 0.2) is 255 Å². The van der Waals surface area contributed by atoms with E-state index >= 15 is 0 Å². The number of aromatic nitrogens is 1. The number of anilines is 3. The quantitative estimate of drug-likeness (QED) is 0.148. The molecule has 0 saturated heterocycles. The molecule has 1 aliphatic carbocycles. The van der Waals surface area contributed by atoms with Gasteiger partial charge in [-0.05, 0) is 121 Å². The SMILES string of the molecule is CC1(C)c2cc(-c3cc4c(-c5ccccc5)c(-c5ccccc5)n(-c5ccc(-c6ccccc6)cc5)c4c4ccccc34)ccc2-c2ccc(N(c3ccccc3)c3cccc4ccccc34)cc21. The van der Waals surface area contributed by atoms with Crippen LogP contribution in [0.4, 0.5) is 17.1 Å². The summed E-state index contributed by atoms with van der Waals surface area (Å²) < 4.78 is 2.52. The molecule has 0 radical (unpaired) electrons. The molecule has 326 valence electrons. The highest BCUT2D eigenvalue weighted by Crippen LogP contribution is 2.53. The predicted molar refractivity (Wildman–Crippen MR) is 292 cm³/mol. The molecule has 11 aromatic carbocycles. The smallest absolute Gasteiger partial charge is 0.0620 e. The van der Waals surface area contributed by atoms with Crippen molar-refractivity contribution >= 4 is 49.5 Å². The van der Waals surface area contributed by atoms with Crippen molar-refractivity contribution in [3.05, 3.63) is 266 Å². The maximum absolute atomic E-state index is 2.52. The lowest BCUT2D eigenvalue weighted by Crippen LogP contribution is -2.16. The second-order valence-electron chi connectivity index (χ2n) is 18.9. The van der Waals surface area contributed by atoms with Crippen LogP contribution in [0.1, 0.15) is 25.0 Å². The standard InChI is InChI=1S/C67H48N2/c1-67(2)61-42-50(36-40-56(61)57-41-39-53(43-62(57)67)68(51-28-13-6-14-29-51)63-33-19-27-47-22-15-16-30-54(47)63)59-44-60-64(48-23-9-4-10-24-48)65(49-25-11-5-12-26-49)69(66(60)58-32-18-17-31-55(58)59)52-37-34-46(35-38-52)45-20-7-3-8-21-45/h3-44H,1-2H3. The van der Waals surface area contributed by atoms with Gasteiger partial charge in [0.1, 0.15) is 0 Å². The number of nitrogens with zero attached hydrogens (tertiary/aromatic N) is 2. The van der Waals surface area contributed by atoms with Crippen molar-refractivity contribution in [2.24, 2.45) is 0 Å². The van der Waals surface area contributed by atoms with Crippen molar-refractivity contribution in [2.75, 3.05) is 4.90 Å². The maximum atomic E-state index is 2.52. The fourth-order valence-corrected chi connectivity index (χ4v) is 11.3. The summed E-state index contributed by atoms with van der Waals surface area (Å²) in [6.45, 7) is 4.81. The van der Waals surface area contributed by atoms with Crippen LogP contribution in [-0.4, -0.2) is 4.57 Å². The molecule has 0 atom stereocenters. The third-order valence-electron chi connectivity index (χ3n) is 14.6. The van der Waals surface area contributed by atoms with E-state index in [0.29, 0.717) is 0 Å². The first-order valence-electron chi connectivity index (χ1n) is 24.0. The van der Waals surface area contributed by atoms with E-state index in [4.69, 9.17) is 0 Å². The van der Waals surface area contributed by atoms with Gasteiger partial charge in [-0.3, -0.25) is 0 Å².